The van der Waals surface area contributed by atoms with Crippen molar-refractivity contribution in [3.63, 3.8) is 0 Å². The molecule has 0 aliphatic carbocycles. The Bertz CT molecular complexity index is 1090. The minimum absolute atomic E-state index is 0.00299. The molecule has 0 spiro atoms. The van der Waals surface area contributed by atoms with E-state index in [1.807, 2.05) is 43.3 Å². The highest BCUT2D eigenvalue weighted by atomic mass is 35.5. The molecule has 8 heteroatoms. The van der Waals surface area contributed by atoms with Crippen LogP contribution in [0, 0.1) is 0 Å². The molecular weight excluding hydrogens is 440 g/mol. The van der Waals surface area contributed by atoms with Gasteiger partial charge in [0.25, 0.3) is 0 Å². The SMILES string of the molecule is CCOc1ccccc1OC1CCCN(c2cncc(NC(=O)Cc3cccc(Cl)c3)n2)C1. The molecule has 172 valence electrons. The maximum absolute atomic E-state index is 12.5. The first-order valence-electron chi connectivity index (χ1n) is 11.1. The van der Waals surface area contributed by atoms with Crippen molar-refractivity contribution in [2.24, 2.45) is 0 Å². The molecule has 0 saturated carbocycles. The number of aromatic nitrogens is 2. The Morgan fingerprint density at radius 3 is 2.85 bits per heavy atom. The van der Waals surface area contributed by atoms with E-state index in [0.29, 0.717) is 29.8 Å². The van der Waals surface area contributed by atoms with Crippen LogP contribution >= 0.6 is 11.6 Å². The quantitative estimate of drug-likeness (QED) is 0.516. The van der Waals surface area contributed by atoms with Gasteiger partial charge in [0.15, 0.2) is 17.3 Å². The summed E-state index contributed by atoms with van der Waals surface area (Å²) in [5, 5.41) is 3.44. The van der Waals surface area contributed by atoms with Crippen molar-refractivity contribution in [3.05, 3.63) is 71.5 Å². The lowest BCUT2D eigenvalue weighted by Crippen LogP contribution is -2.41. The Morgan fingerprint density at radius 1 is 1.18 bits per heavy atom. The fourth-order valence-electron chi connectivity index (χ4n) is 3.83. The average Bonchev–Trinajstić information content (AvgIpc) is 2.81. The van der Waals surface area contributed by atoms with Crippen molar-refractivity contribution in [2.45, 2.75) is 32.3 Å². The number of carbonyl (C=O) groups excluding carboxylic acids is 1. The van der Waals surface area contributed by atoms with Gasteiger partial charge in [-0.3, -0.25) is 9.78 Å². The zero-order valence-corrected chi connectivity index (χ0v) is 19.3. The molecule has 1 saturated heterocycles. The van der Waals surface area contributed by atoms with E-state index >= 15 is 0 Å². The van der Waals surface area contributed by atoms with E-state index in [0.717, 1.165) is 36.4 Å². The van der Waals surface area contributed by atoms with Crippen LogP contribution in [0.3, 0.4) is 0 Å². The van der Waals surface area contributed by atoms with Crippen molar-refractivity contribution >= 4 is 29.1 Å². The number of rotatable bonds is 8. The summed E-state index contributed by atoms with van der Waals surface area (Å²) < 4.78 is 11.9. The summed E-state index contributed by atoms with van der Waals surface area (Å²) in [4.78, 5) is 23.5. The zero-order chi connectivity index (χ0) is 23.0. The Morgan fingerprint density at radius 2 is 2.03 bits per heavy atom. The van der Waals surface area contributed by atoms with Crippen LogP contribution in [0.2, 0.25) is 5.02 Å². The van der Waals surface area contributed by atoms with Gasteiger partial charge in [-0.1, -0.05) is 35.9 Å². The predicted octanol–water partition coefficient (Wildman–Crippen LogP) is 4.76. The molecule has 2 aromatic carbocycles. The second kappa shape index (κ2) is 11.0. The molecule has 1 fully saturated rings. The lowest BCUT2D eigenvalue weighted by Gasteiger charge is -2.33. The van der Waals surface area contributed by atoms with Crippen molar-refractivity contribution in [1.29, 1.82) is 0 Å². The van der Waals surface area contributed by atoms with Crippen LogP contribution in [0.1, 0.15) is 25.3 Å². The fraction of sp³-hybridized carbons (Fsp3) is 0.320. The molecule has 0 radical (unpaired) electrons. The fourth-order valence-corrected chi connectivity index (χ4v) is 4.04. The Labute approximate surface area is 198 Å². The Balaban J connectivity index is 1.39. The van der Waals surface area contributed by atoms with E-state index in [4.69, 9.17) is 21.1 Å². The largest absolute Gasteiger partial charge is 0.490 e. The zero-order valence-electron chi connectivity index (χ0n) is 18.5. The maximum atomic E-state index is 12.5. The highest BCUT2D eigenvalue weighted by Crippen LogP contribution is 2.30. The molecule has 1 unspecified atom stereocenters. The third-order valence-electron chi connectivity index (χ3n) is 5.29. The van der Waals surface area contributed by atoms with Crippen molar-refractivity contribution in [3.8, 4) is 11.5 Å². The van der Waals surface area contributed by atoms with E-state index < -0.39 is 0 Å². The number of para-hydroxylation sites is 2. The number of ether oxygens (including phenoxy) is 2. The Hall–Kier alpha value is -3.32. The second-order valence-corrected chi connectivity index (χ2v) is 8.26. The van der Waals surface area contributed by atoms with Gasteiger partial charge in [-0.15, -0.1) is 0 Å². The molecule has 33 heavy (non-hydrogen) atoms. The van der Waals surface area contributed by atoms with Crippen molar-refractivity contribution < 1.29 is 14.3 Å². The van der Waals surface area contributed by atoms with E-state index in [1.54, 1.807) is 24.5 Å². The molecule has 1 aromatic heterocycles. The van der Waals surface area contributed by atoms with Gasteiger partial charge in [-0.05, 0) is 49.6 Å². The number of halogens is 1. The number of carbonyl (C=O) groups is 1. The van der Waals surface area contributed by atoms with E-state index in [2.05, 4.69) is 20.2 Å². The van der Waals surface area contributed by atoms with Gasteiger partial charge < -0.3 is 19.7 Å². The number of amides is 1. The molecule has 4 rings (SSSR count). The van der Waals surface area contributed by atoms with Crippen LogP contribution in [0.25, 0.3) is 0 Å². The molecule has 0 bridgehead atoms. The Kier molecular flexibility index (Phi) is 7.62. The third kappa shape index (κ3) is 6.35. The number of benzene rings is 2. The van der Waals surface area contributed by atoms with E-state index in [9.17, 15) is 4.79 Å². The van der Waals surface area contributed by atoms with Gasteiger partial charge >= 0.3 is 0 Å². The molecule has 1 aliphatic heterocycles. The highest BCUT2D eigenvalue weighted by Gasteiger charge is 2.24. The summed E-state index contributed by atoms with van der Waals surface area (Å²) in [6.45, 7) is 4.07. The standard InChI is InChI=1S/C25H27ClN4O3/c1-2-32-21-10-3-4-11-22(21)33-20-9-6-12-30(17-20)24-16-27-15-23(28-24)29-25(31)14-18-7-5-8-19(26)13-18/h3-5,7-8,10-11,13,15-16,20H,2,6,9,12,14,17H2,1H3,(H,28,29,31). The summed E-state index contributed by atoms with van der Waals surface area (Å²) in [5.41, 5.74) is 0.840. The van der Waals surface area contributed by atoms with E-state index in [-0.39, 0.29) is 18.4 Å². The molecule has 1 amide bonds. The summed E-state index contributed by atoms with van der Waals surface area (Å²) in [6, 6.07) is 15.0. The van der Waals surface area contributed by atoms with Gasteiger partial charge in [0.2, 0.25) is 5.91 Å². The normalized spacial score (nSPS) is 15.7. The molecule has 7 nitrogen and oxygen atoms in total. The van der Waals surface area contributed by atoms with Crippen molar-refractivity contribution in [1.82, 2.24) is 9.97 Å². The minimum atomic E-state index is -0.170. The smallest absolute Gasteiger partial charge is 0.229 e. The van der Waals surface area contributed by atoms with Crippen LogP contribution in [-0.4, -0.2) is 41.7 Å². The lowest BCUT2D eigenvalue weighted by atomic mass is 10.1. The summed E-state index contributed by atoms with van der Waals surface area (Å²) in [7, 11) is 0. The number of anilines is 2. The molecule has 2 heterocycles. The monoisotopic (exact) mass is 466 g/mol. The number of hydrogen-bond acceptors (Lipinski definition) is 6. The van der Waals surface area contributed by atoms with Gasteiger partial charge in [-0.25, -0.2) is 4.98 Å². The minimum Gasteiger partial charge on any atom is -0.490 e. The predicted molar refractivity (Wildman–Crippen MR) is 129 cm³/mol. The molecular formula is C25H27ClN4O3. The number of nitrogens with one attached hydrogen (secondary N) is 1. The number of piperidine rings is 1. The first kappa shape index (κ1) is 22.9. The van der Waals surface area contributed by atoms with Crippen LogP contribution in [-0.2, 0) is 11.2 Å². The number of hydrogen-bond donors (Lipinski definition) is 1. The summed E-state index contributed by atoms with van der Waals surface area (Å²) in [5.74, 6) is 2.46. The summed E-state index contributed by atoms with van der Waals surface area (Å²) in [6.07, 6.45) is 5.39. The average molecular weight is 467 g/mol. The lowest BCUT2D eigenvalue weighted by molar-refractivity contribution is -0.115. The first-order valence-corrected chi connectivity index (χ1v) is 11.5. The van der Waals surface area contributed by atoms with Gasteiger partial charge in [0, 0.05) is 11.6 Å². The first-order chi connectivity index (χ1) is 16.1. The summed E-state index contributed by atoms with van der Waals surface area (Å²) >= 11 is 6.01. The van der Waals surface area contributed by atoms with Crippen LogP contribution in [0.5, 0.6) is 11.5 Å². The molecule has 1 atom stereocenters. The van der Waals surface area contributed by atoms with Crippen molar-refractivity contribution in [2.75, 3.05) is 29.9 Å². The second-order valence-electron chi connectivity index (χ2n) is 7.83. The van der Waals surface area contributed by atoms with Gasteiger partial charge in [0.05, 0.1) is 32.0 Å². The topological polar surface area (TPSA) is 76.6 Å². The number of nitrogens with zero attached hydrogens (tertiary/aromatic N) is 3. The molecule has 1 N–H and O–H groups in total. The third-order valence-corrected chi connectivity index (χ3v) is 5.52. The maximum Gasteiger partial charge on any atom is 0.229 e. The highest BCUT2D eigenvalue weighted by molar-refractivity contribution is 6.30. The van der Waals surface area contributed by atoms with E-state index in [1.165, 1.54) is 0 Å². The molecule has 1 aliphatic rings. The molecule has 3 aromatic rings. The van der Waals surface area contributed by atoms with Crippen LogP contribution in [0.15, 0.2) is 60.9 Å². The van der Waals surface area contributed by atoms with Gasteiger partial charge in [-0.2, -0.15) is 0 Å². The van der Waals surface area contributed by atoms with Crippen LogP contribution < -0.4 is 19.7 Å². The van der Waals surface area contributed by atoms with Crippen LogP contribution in [0.4, 0.5) is 11.6 Å². The van der Waals surface area contributed by atoms with Gasteiger partial charge in [0.1, 0.15) is 11.9 Å².